The van der Waals surface area contributed by atoms with Gasteiger partial charge in [-0.25, -0.2) is 4.79 Å². The normalized spacial score (nSPS) is 17.2. The van der Waals surface area contributed by atoms with Crippen molar-refractivity contribution in [2.45, 2.75) is 51.2 Å². The third kappa shape index (κ3) is 5.67. The molecule has 6 heteroatoms. The molecule has 1 aliphatic rings. The molecule has 6 nitrogen and oxygen atoms in total. The van der Waals surface area contributed by atoms with Crippen LogP contribution in [0.25, 0.3) is 0 Å². The van der Waals surface area contributed by atoms with Crippen molar-refractivity contribution in [1.29, 1.82) is 0 Å². The van der Waals surface area contributed by atoms with Crippen molar-refractivity contribution in [2.24, 2.45) is 0 Å². The number of carbonyl (C=O) groups is 3. The highest BCUT2D eigenvalue weighted by Gasteiger charge is 2.33. The van der Waals surface area contributed by atoms with Gasteiger partial charge >= 0.3 is 5.97 Å². The summed E-state index contributed by atoms with van der Waals surface area (Å²) in [5.41, 5.74) is 3.01. The van der Waals surface area contributed by atoms with Gasteiger partial charge in [-0.2, -0.15) is 0 Å². The maximum absolute atomic E-state index is 12.5. The van der Waals surface area contributed by atoms with Crippen LogP contribution in [0.1, 0.15) is 36.0 Å². The van der Waals surface area contributed by atoms with E-state index >= 15 is 0 Å². The van der Waals surface area contributed by atoms with Crippen LogP contribution in [0.4, 0.5) is 0 Å². The van der Waals surface area contributed by atoms with E-state index in [0.717, 1.165) is 16.7 Å². The summed E-state index contributed by atoms with van der Waals surface area (Å²) in [5, 5.41) is 12.1. The first-order valence-corrected chi connectivity index (χ1v) is 9.83. The zero-order valence-corrected chi connectivity index (χ0v) is 16.5. The molecule has 3 rings (SSSR count). The second kappa shape index (κ2) is 9.37. The number of rotatable bonds is 8. The number of carbonyl (C=O) groups excluding carboxylic acids is 2. The average Bonchev–Trinajstić information content (AvgIpc) is 3.03. The van der Waals surface area contributed by atoms with Gasteiger partial charge in [0.25, 0.3) is 0 Å². The smallest absolute Gasteiger partial charge is 0.326 e. The summed E-state index contributed by atoms with van der Waals surface area (Å²) in [5.74, 6) is -1.38. The van der Waals surface area contributed by atoms with E-state index in [2.05, 4.69) is 5.32 Å². The quantitative estimate of drug-likeness (QED) is 0.721. The van der Waals surface area contributed by atoms with E-state index in [1.165, 1.54) is 0 Å². The van der Waals surface area contributed by atoms with E-state index in [-0.39, 0.29) is 30.7 Å². The van der Waals surface area contributed by atoms with Crippen LogP contribution in [0.15, 0.2) is 54.6 Å². The Morgan fingerprint density at radius 2 is 1.79 bits per heavy atom. The lowest BCUT2D eigenvalue weighted by Gasteiger charge is -2.25. The molecule has 1 fully saturated rings. The van der Waals surface area contributed by atoms with Gasteiger partial charge in [-0.3, -0.25) is 9.59 Å². The van der Waals surface area contributed by atoms with Gasteiger partial charge < -0.3 is 15.3 Å². The molecule has 1 saturated heterocycles. The standard InChI is InChI=1S/C23H26N2O4/c1-16-7-9-18(10-8-16)15-25-19(11-12-22(25)27)14-21(26)24-20(23(28)29)13-17-5-3-2-4-6-17/h2-10,19-20H,11-15H2,1H3,(H,24,26)(H,28,29)/t19-,20+/m1/s1. The maximum Gasteiger partial charge on any atom is 0.326 e. The molecule has 2 aromatic rings. The molecule has 29 heavy (non-hydrogen) atoms. The predicted octanol–water partition coefficient (Wildman–Crippen LogP) is 2.69. The Bertz CT molecular complexity index is 864. The number of amides is 2. The molecule has 2 amide bonds. The summed E-state index contributed by atoms with van der Waals surface area (Å²) in [6.45, 7) is 2.47. The van der Waals surface area contributed by atoms with E-state index in [9.17, 15) is 19.5 Å². The SMILES string of the molecule is Cc1ccc(CN2C(=O)CC[C@@H]2CC(=O)N[C@@H](Cc2ccccc2)C(=O)O)cc1. The summed E-state index contributed by atoms with van der Waals surface area (Å²) < 4.78 is 0. The van der Waals surface area contributed by atoms with Crippen molar-refractivity contribution in [2.75, 3.05) is 0 Å². The molecule has 0 radical (unpaired) electrons. The summed E-state index contributed by atoms with van der Waals surface area (Å²) >= 11 is 0. The fourth-order valence-electron chi connectivity index (χ4n) is 3.63. The number of aliphatic carboxylic acids is 1. The van der Waals surface area contributed by atoms with Crippen molar-refractivity contribution in [3.8, 4) is 0 Å². The Kier molecular flexibility index (Phi) is 6.65. The molecular formula is C23H26N2O4. The van der Waals surface area contributed by atoms with Crippen LogP contribution in [0.3, 0.4) is 0 Å². The van der Waals surface area contributed by atoms with Gasteiger partial charge in [0.15, 0.2) is 0 Å². The van der Waals surface area contributed by atoms with Crippen molar-refractivity contribution < 1.29 is 19.5 Å². The molecule has 152 valence electrons. The second-order valence-corrected chi connectivity index (χ2v) is 7.55. The molecular weight excluding hydrogens is 368 g/mol. The van der Waals surface area contributed by atoms with Gasteiger partial charge in [-0.15, -0.1) is 0 Å². The van der Waals surface area contributed by atoms with E-state index in [1.54, 1.807) is 4.90 Å². The third-order valence-corrected chi connectivity index (χ3v) is 5.26. The predicted molar refractivity (Wildman–Crippen MR) is 109 cm³/mol. The lowest BCUT2D eigenvalue weighted by Crippen LogP contribution is -2.44. The zero-order chi connectivity index (χ0) is 20.8. The number of hydrogen-bond donors (Lipinski definition) is 2. The van der Waals surface area contributed by atoms with Gasteiger partial charge in [0.05, 0.1) is 0 Å². The first-order valence-electron chi connectivity index (χ1n) is 9.83. The number of hydrogen-bond acceptors (Lipinski definition) is 3. The third-order valence-electron chi connectivity index (χ3n) is 5.26. The zero-order valence-electron chi connectivity index (χ0n) is 16.5. The minimum Gasteiger partial charge on any atom is -0.480 e. The van der Waals surface area contributed by atoms with Crippen molar-refractivity contribution >= 4 is 17.8 Å². The van der Waals surface area contributed by atoms with Crippen molar-refractivity contribution in [3.05, 3.63) is 71.3 Å². The minimum atomic E-state index is -1.07. The molecule has 2 N–H and O–H groups in total. The van der Waals surface area contributed by atoms with E-state index in [0.29, 0.717) is 19.4 Å². The van der Waals surface area contributed by atoms with Crippen LogP contribution in [-0.4, -0.2) is 39.9 Å². The Morgan fingerprint density at radius 3 is 2.45 bits per heavy atom. The number of aryl methyl sites for hydroxylation is 1. The van der Waals surface area contributed by atoms with Crippen LogP contribution in [-0.2, 0) is 27.3 Å². The highest BCUT2D eigenvalue weighted by molar-refractivity contribution is 5.85. The van der Waals surface area contributed by atoms with Gasteiger partial charge in [0.2, 0.25) is 11.8 Å². The fraction of sp³-hybridized carbons (Fsp3) is 0.348. The molecule has 2 aromatic carbocycles. The lowest BCUT2D eigenvalue weighted by molar-refractivity contribution is -0.142. The van der Waals surface area contributed by atoms with Gasteiger partial charge in [-0.05, 0) is 24.5 Å². The van der Waals surface area contributed by atoms with Gasteiger partial charge in [0.1, 0.15) is 6.04 Å². The Balaban J connectivity index is 1.60. The molecule has 0 saturated carbocycles. The second-order valence-electron chi connectivity index (χ2n) is 7.55. The minimum absolute atomic E-state index is 0.0300. The molecule has 0 bridgehead atoms. The number of benzene rings is 2. The van der Waals surface area contributed by atoms with E-state index in [1.807, 2.05) is 61.5 Å². The first kappa shape index (κ1) is 20.6. The van der Waals surface area contributed by atoms with E-state index < -0.39 is 12.0 Å². The Morgan fingerprint density at radius 1 is 1.10 bits per heavy atom. The number of likely N-dealkylation sites (tertiary alicyclic amines) is 1. The summed E-state index contributed by atoms with van der Waals surface area (Å²) in [4.78, 5) is 38.2. The van der Waals surface area contributed by atoms with E-state index in [4.69, 9.17) is 0 Å². The van der Waals surface area contributed by atoms with Crippen molar-refractivity contribution in [3.63, 3.8) is 0 Å². The van der Waals surface area contributed by atoms with Crippen LogP contribution in [0, 0.1) is 6.92 Å². The monoisotopic (exact) mass is 394 g/mol. The van der Waals surface area contributed by atoms with Gasteiger partial charge in [0, 0.05) is 31.8 Å². The maximum atomic E-state index is 12.5. The summed E-state index contributed by atoms with van der Waals surface area (Å²) in [6.07, 6.45) is 1.35. The molecule has 0 unspecified atom stereocenters. The summed E-state index contributed by atoms with van der Waals surface area (Å²) in [6, 6.07) is 16.0. The average molecular weight is 394 g/mol. The molecule has 2 atom stereocenters. The topological polar surface area (TPSA) is 86.7 Å². The molecule has 0 aromatic heterocycles. The molecule has 1 aliphatic heterocycles. The molecule has 0 aliphatic carbocycles. The fourth-order valence-corrected chi connectivity index (χ4v) is 3.63. The first-order chi connectivity index (χ1) is 13.9. The number of nitrogens with zero attached hydrogens (tertiary/aromatic N) is 1. The van der Waals surface area contributed by atoms with Crippen LogP contribution < -0.4 is 5.32 Å². The van der Waals surface area contributed by atoms with Gasteiger partial charge in [-0.1, -0.05) is 60.2 Å². The van der Waals surface area contributed by atoms with Crippen LogP contribution in [0.2, 0.25) is 0 Å². The lowest BCUT2D eigenvalue weighted by atomic mass is 10.0. The van der Waals surface area contributed by atoms with Crippen LogP contribution >= 0.6 is 0 Å². The molecule has 0 spiro atoms. The Hall–Kier alpha value is -3.15. The van der Waals surface area contributed by atoms with Crippen molar-refractivity contribution in [1.82, 2.24) is 10.2 Å². The summed E-state index contributed by atoms with van der Waals surface area (Å²) in [7, 11) is 0. The highest BCUT2D eigenvalue weighted by atomic mass is 16.4. The van der Waals surface area contributed by atoms with Crippen LogP contribution in [0.5, 0.6) is 0 Å². The Labute approximate surface area is 170 Å². The highest BCUT2D eigenvalue weighted by Crippen LogP contribution is 2.24. The number of nitrogens with one attached hydrogen (secondary N) is 1. The number of carboxylic acid groups (broad SMARTS) is 1. The number of carboxylic acids is 1. The molecule has 1 heterocycles. The largest absolute Gasteiger partial charge is 0.480 e.